The van der Waals surface area contributed by atoms with Crippen molar-refractivity contribution in [2.75, 3.05) is 11.5 Å². The van der Waals surface area contributed by atoms with Crippen LogP contribution < -0.4 is 15.0 Å². The van der Waals surface area contributed by atoms with E-state index in [2.05, 4.69) is 22.3 Å². The molecule has 0 unspecified atom stereocenters. The van der Waals surface area contributed by atoms with Crippen molar-refractivity contribution in [2.24, 2.45) is 0 Å². The van der Waals surface area contributed by atoms with E-state index in [4.69, 9.17) is 4.74 Å². The number of fused-ring (bicyclic) bond motifs is 1. The quantitative estimate of drug-likeness (QED) is 0.735. The fourth-order valence-corrected chi connectivity index (χ4v) is 4.58. The van der Waals surface area contributed by atoms with Crippen molar-refractivity contribution in [1.29, 1.82) is 0 Å². The van der Waals surface area contributed by atoms with Gasteiger partial charge in [-0.05, 0) is 30.5 Å². The molecule has 30 heavy (non-hydrogen) atoms. The van der Waals surface area contributed by atoms with E-state index in [9.17, 15) is 9.18 Å². The number of ether oxygens (including phenoxy) is 1. The van der Waals surface area contributed by atoms with Gasteiger partial charge in [-0.1, -0.05) is 62.4 Å². The number of nitrogens with zero attached hydrogens (tertiary/aromatic N) is 1. The second-order valence-electron chi connectivity index (χ2n) is 8.50. The van der Waals surface area contributed by atoms with Crippen LogP contribution in [0.15, 0.2) is 48.5 Å². The fourth-order valence-electron chi connectivity index (χ4n) is 4.58. The summed E-state index contributed by atoms with van der Waals surface area (Å²) in [4.78, 5) is 15.1. The zero-order valence-electron chi connectivity index (χ0n) is 17.5. The van der Waals surface area contributed by atoms with Gasteiger partial charge in [0.05, 0.1) is 18.2 Å². The van der Waals surface area contributed by atoms with Crippen molar-refractivity contribution in [3.05, 3.63) is 59.9 Å². The molecule has 1 heterocycles. The van der Waals surface area contributed by atoms with Crippen LogP contribution in [0.4, 0.5) is 10.1 Å². The summed E-state index contributed by atoms with van der Waals surface area (Å²) in [5.41, 5.74) is 2.00. The molecule has 0 radical (unpaired) electrons. The fraction of sp³-hybridized carbons (Fsp3) is 0.480. The molecule has 1 aliphatic carbocycles. The standard InChI is InChI=1S/C25H31FN2O2/c26-20-13-14-23-24(15-20)30-18-22(28(23)17-19-9-5-4-6-10-19)16-25(29)27-21-11-7-2-1-3-8-12-21/h4-6,9-10,13-15,21-22H,1-3,7-8,11-12,16-18H2,(H,27,29)/t22-/m1/s1. The third kappa shape index (κ3) is 5.32. The summed E-state index contributed by atoms with van der Waals surface area (Å²) >= 11 is 0. The Balaban J connectivity index is 1.47. The first-order valence-corrected chi connectivity index (χ1v) is 11.2. The normalized spacial score (nSPS) is 19.9. The minimum Gasteiger partial charge on any atom is -0.489 e. The van der Waals surface area contributed by atoms with Crippen molar-refractivity contribution in [3.63, 3.8) is 0 Å². The largest absolute Gasteiger partial charge is 0.489 e. The number of nitrogens with one attached hydrogen (secondary N) is 1. The van der Waals surface area contributed by atoms with E-state index in [1.807, 2.05) is 18.2 Å². The highest BCUT2D eigenvalue weighted by Crippen LogP contribution is 2.36. The van der Waals surface area contributed by atoms with E-state index in [1.165, 1.54) is 44.2 Å². The van der Waals surface area contributed by atoms with Crippen LogP contribution in [0.5, 0.6) is 5.75 Å². The molecule has 1 aliphatic heterocycles. The highest BCUT2D eigenvalue weighted by molar-refractivity contribution is 5.78. The first-order valence-electron chi connectivity index (χ1n) is 11.2. The minimum absolute atomic E-state index is 0.0813. The van der Waals surface area contributed by atoms with Crippen LogP contribution in [-0.2, 0) is 11.3 Å². The van der Waals surface area contributed by atoms with E-state index in [-0.39, 0.29) is 23.8 Å². The molecule has 2 aromatic rings. The molecule has 1 saturated carbocycles. The molecule has 4 rings (SSSR count). The van der Waals surface area contributed by atoms with Gasteiger partial charge in [-0.25, -0.2) is 4.39 Å². The summed E-state index contributed by atoms with van der Waals surface area (Å²) in [6, 6.07) is 15.0. The van der Waals surface area contributed by atoms with E-state index >= 15 is 0 Å². The lowest BCUT2D eigenvalue weighted by Gasteiger charge is -2.38. The monoisotopic (exact) mass is 410 g/mol. The maximum Gasteiger partial charge on any atom is 0.222 e. The Morgan fingerprint density at radius 2 is 1.77 bits per heavy atom. The highest BCUT2D eigenvalue weighted by atomic mass is 19.1. The van der Waals surface area contributed by atoms with Gasteiger partial charge < -0.3 is 15.0 Å². The maximum atomic E-state index is 13.7. The van der Waals surface area contributed by atoms with Crippen molar-refractivity contribution in [1.82, 2.24) is 5.32 Å². The second-order valence-corrected chi connectivity index (χ2v) is 8.50. The number of benzene rings is 2. The minimum atomic E-state index is -0.311. The Labute approximate surface area is 178 Å². The van der Waals surface area contributed by atoms with Crippen molar-refractivity contribution in [3.8, 4) is 5.75 Å². The molecular formula is C25H31FN2O2. The maximum absolute atomic E-state index is 13.7. The smallest absolute Gasteiger partial charge is 0.222 e. The zero-order chi connectivity index (χ0) is 20.8. The van der Waals surface area contributed by atoms with Gasteiger partial charge in [-0.15, -0.1) is 0 Å². The predicted octanol–water partition coefficient (Wildman–Crippen LogP) is 5.21. The number of hydrogen-bond donors (Lipinski definition) is 1. The van der Waals surface area contributed by atoms with Crippen LogP contribution in [0, 0.1) is 5.82 Å². The summed E-state index contributed by atoms with van der Waals surface area (Å²) < 4.78 is 19.6. The predicted molar refractivity (Wildman–Crippen MR) is 117 cm³/mol. The Bertz CT molecular complexity index is 834. The molecule has 2 aliphatic rings. The Hall–Kier alpha value is -2.56. The molecule has 1 N–H and O–H groups in total. The molecule has 5 heteroatoms. The number of rotatable bonds is 5. The summed E-state index contributed by atoms with van der Waals surface area (Å²) in [6.45, 7) is 1.03. The van der Waals surface area contributed by atoms with Gasteiger partial charge in [0.15, 0.2) is 0 Å². The molecule has 0 aromatic heterocycles. The average molecular weight is 411 g/mol. The molecule has 4 nitrogen and oxygen atoms in total. The van der Waals surface area contributed by atoms with Gasteiger partial charge in [0, 0.05) is 18.7 Å². The lowest BCUT2D eigenvalue weighted by Crippen LogP contribution is -2.47. The summed E-state index contributed by atoms with van der Waals surface area (Å²) in [5.74, 6) is 0.314. The van der Waals surface area contributed by atoms with Crippen LogP contribution in [0.3, 0.4) is 0 Å². The Morgan fingerprint density at radius 3 is 2.53 bits per heavy atom. The van der Waals surface area contributed by atoms with Crippen LogP contribution in [0.25, 0.3) is 0 Å². The van der Waals surface area contributed by atoms with Gasteiger partial charge in [0.1, 0.15) is 18.2 Å². The van der Waals surface area contributed by atoms with Crippen molar-refractivity contribution >= 4 is 11.6 Å². The van der Waals surface area contributed by atoms with E-state index in [0.717, 1.165) is 24.1 Å². The molecule has 2 aromatic carbocycles. The highest BCUT2D eigenvalue weighted by Gasteiger charge is 2.30. The number of anilines is 1. The summed E-state index contributed by atoms with van der Waals surface area (Å²) in [7, 11) is 0. The third-order valence-corrected chi connectivity index (χ3v) is 6.19. The lowest BCUT2D eigenvalue weighted by atomic mass is 9.96. The van der Waals surface area contributed by atoms with E-state index < -0.39 is 0 Å². The molecule has 0 saturated heterocycles. The Kier molecular flexibility index (Phi) is 6.88. The zero-order valence-corrected chi connectivity index (χ0v) is 17.5. The number of carbonyl (C=O) groups is 1. The van der Waals surface area contributed by atoms with Gasteiger partial charge in [0.2, 0.25) is 5.91 Å². The van der Waals surface area contributed by atoms with Gasteiger partial charge in [0.25, 0.3) is 0 Å². The molecule has 1 amide bonds. The number of carbonyl (C=O) groups excluding carboxylic acids is 1. The van der Waals surface area contributed by atoms with E-state index in [0.29, 0.717) is 25.3 Å². The molecule has 160 valence electrons. The summed E-state index contributed by atoms with van der Waals surface area (Å²) in [5, 5.41) is 3.27. The van der Waals surface area contributed by atoms with Crippen molar-refractivity contribution in [2.45, 2.75) is 70.0 Å². The van der Waals surface area contributed by atoms with E-state index in [1.54, 1.807) is 6.07 Å². The average Bonchev–Trinajstić information content (AvgIpc) is 2.72. The van der Waals surface area contributed by atoms with Gasteiger partial charge in [-0.2, -0.15) is 0 Å². The second kappa shape index (κ2) is 9.96. The SMILES string of the molecule is O=C(C[C@@H]1COc2cc(F)ccc2N1Cc1ccccc1)NC1CCCCCCC1. The number of hydrogen-bond acceptors (Lipinski definition) is 3. The Morgan fingerprint density at radius 1 is 1.03 bits per heavy atom. The molecule has 0 spiro atoms. The topological polar surface area (TPSA) is 41.6 Å². The molecular weight excluding hydrogens is 379 g/mol. The molecule has 1 fully saturated rings. The first kappa shape index (κ1) is 20.7. The van der Waals surface area contributed by atoms with Crippen LogP contribution in [0.2, 0.25) is 0 Å². The molecule has 1 atom stereocenters. The van der Waals surface area contributed by atoms with Gasteiger partial charge in [-0.3, -0.25) is 4.79 Å². The third-order valence-electron chi connectivity index (χ3n) is 6.19. The van der Waals surface area contributed by atoms with Crippen LogP contribution in [0.1, 0.15) is 56.9 Å². The summed E-state index contributed by atoms with van der Waals surface area (Å²) in [6.07, 6.45) is 8.75. The molecule has 0 bridgehead atoms. The first-order chi connectivity index (χ1) is 14.7. The number of halogens is 1. The van der Waals surface area contributed by atoms with Crippen molar-refractivity contribution < 1.29 is 13.9 Å². The lowest BCUT2D eigenvalue weighted by molar-refractivity contribution is -0.122. The number of amides is 1. The van der Waals surface area contributed by atoms with Crippen LogP contribution >= 0.6 is 0 Å². The van der Waals surface area contributed by atoms with Gasteiger partial charge >= 0.3 is 0 Å². The van der Waals surface area contributed by atoms with Crippen LogP contribution in [-0.4, -0.2) is 24.6 Å².